The first kappa shape index (κ1) is 20.1. The minimum Gasteiger partial charge on any atom is -0.368 e. The third-order valence-corrected chi connectivity index (χ3v) is 5.41. The van der Waals surface area contributed by atoms with Crippen molar-refractivity contribution in [3.05, 3.63) is 55.0 Å². The summed E-state index contributed by atoms with van der Waals surface area (Å²) in [7, 11) is 3.90. The van der Waals surface area contributed by atoms with Gasteiger partial charge in [-0.15, -0.1) is 0 Å². The molecule has 0 saturated carbocycles. The topological polar surface area (TPSA) is 95.0 Å². The lowest BCUT2D eigenvalue weighted by Gasteiger charge is -2.29. The van der Waals surface area contributed by atoms with Gasteiger partial charge in [0.2, 0.25) is 5.95 Å². The maximum absolute atomic E-state index is 4.68. The monoisotopic (exact) mass is 427 g/mol. The predicted molar refractivity (Wildman–Crippen MR) is 127 cm³/mol. The van der Waals surface area contributed by atoms with Crippen LogP contribution in [0, 0.1) is 0 Å². The lowest BCUT2D eigenvalue weighted by Crippen LogP contribution is -2.43. The van der Waals surface area contributed by atoms with Crippen molar-refractivity contribution in [2.45, 2.75) is 0 Å². The Morgan fingerprint density at radius 1 is 0.906 bits per heavy atom. The van der Waals surface area contributed by atoms with Gasteiger partial charge in [0.05, 0.1) is 34.8 Å². The summed E-state index contributed by atoms with van der Waals surface area (Å²) in [6.07, 6.45) is 5.41. The van der Waals surface area contributed by atoms with Crippen LogP contribution in [0.25, 0.3) is 22.3 Å². The van der Waals surface area contributed by atoms with E-state index >= 15 is 0 Å². The van der Waals surface area contributed by atoms with Gasteiger partial charge < -0.3 is 20.4 Å². The van der Waals surface area contributed by atoms with E-state index in [1.807, 2.05) is 55.5 Å². The first-order valence-corrected chi connectivity index (χ1v) is 10.6. The Labute approximate surface area is 186 Å². The van der Waals surface area contributed by atoms with Crippen molar-refractivity contribution < 1.29 is 0 Å². The molecule has 0 aliphatic carbocycles. The van der Waals surface area contributed by atoms with Crippen molar-refractivity contribution >= 4 is 34.3 Å². The molecule has 2 N–H and O–H groups in total. The number of benzene rings is 1. The molecule has 9 heteroatoms. The second kappa shape index (κ2) is 8.72. The van der Waals surface area contributed by atoms with E-state index in [1.54, 1.807) is 12.4 Å². The lowest BCUT2D eigenvalue weighted by molar-refractivity contribution is 0.589. The highest BCUT2D eigenvalue weighted by Gasteiger charge is 2.11. The van der Waals surface area contributed by atoms with Crippen molar-refractivity contribution in [2.75, 3.05) is 55.4 Å². The van der Waals surface area contributed by atoms with Crippen LogP contribution in [-0.4, -0.2) is 65.2 Å². The van der Waals surface area contributed by atoms with E-state index in [-0.39, 0.29) is 0 Å². The van der Waals surface area contributed by atoms with Gasteiger partial charge >= 0.3 is 0 Å². The zero-order valence-electron chi connectivity index (χ0n) is 18.2. The van der Waals surface area contributed by atoms with E-state index < -0.39 is 0 Å². The fraction of sp³-hybridized carbons (Fsp3) is 0.261. The smallest absolute Gasteiger partial charge is 0.228 e. The van der Waals surface area contributed by atoms with Crippen molar-refractivity contribution in [1.82, 2.24) is 30.2 Å². The minimum absolute atomic E-state index is 0.498. The Morgan fingerprint density at radius 2 is 1.78 bits per heavy atom. The van der Waals surface area contributed by atoms with Gasteiger partial charge in [-0.2, -0.15) is 0 Å². The molecule has 4 heterocycles. The number of nitrogens with zero attached hydrogens (tertiary/aromatic N) is 7. The van der Waals surface area contributed by atoms with Crippen LogP contribution in [0.5, 0.6) is 0 Å². The van der Waals surface area contributed by atoms with E-state index in [4.69, 9.17) is 0 Å². The Hall–Kier alpha value is -3.85. The van der Waals surface area contributed by atoms with Crippen LogP contribution in [0.15, 0.2) is 55.0 Å². The van der Waals surface area contributed by atoms with E-state index in [0.717, 1.165) is 60.0 Å². The van der Waals surface area contributed by atoms with E-state index in [2.05, 4.69) is 46.5 Å². The van der Waals surface area contributed by atoms with Gasteiger partial charge in [-0.3, -0.25) is 4.98 Å². The quantitative estimate of drug-likeness (QED) is 0.498. The molecule has 5 rings (SSSR count). The van der Waals surface area contributed by atoms with Gasteiger partial charge in [0.15, 0.2) is 0 Å². The van der Waals surface area contributed by atoms with Crippen LogP contribution >= 0.6 is 0 Å². The number of piperazine rings is 1. The molecule has 0 spiro atoms. The van der Waals surface area contributed by atoms with Gasteiger partial charge in [0, 0.05) is 52.0 Å². The maximum atomic E-state index is 4.68. The molecule has 1 fully saturated rings. The predicted octanol–water partition coefficient (Wildman–Crippen LogP) is 2.70. The van der Waals surface area contributed by atoms with E-state index in [1.165, 1.54) is 0 Å². The second-order valence-electron chi connectivity index (χ2n) is 7.86. The number of hydrogen-bond donors (Lipinski definition) is 2. The molecular formula is C23H25N9. The van der Waals surface area contributed by atoms with Crippen molar-refractivity contribution in [3.63, 3.8) is 0 Å². The molecule has 3 aromatic heterocycles. The van der Waals surface area contributed by atoms with Crippen molar-refractivity contribution in [1.29, 1.82) is 0 Å². The number of rotatable bonds is 5. The summed E-state index contributed by atoms with van der Waals surface area (Å²) in [6, 6.07) is 11.9. The third kappa shape index (κ3) is 4.28. The number of nitrogens with one attached hydrogen (secondary N) is 2. The summed E-state index contributed by atoms with van der Waals surface area (Å²) in [5.41, 5.74) is 4.56. The van der Waals surface area contributed by atoms with Crippen LogP contribution in [0.1, 0.15) is 0 Å². The molecule has 0 bridgehead atoms. The fourth-order valence-corrected chi connectivity index (χ4v) is 3.64. The number of pyridine rings is 1. The first-order chi connectivity index (χ1) is 15.7. The van der Waals surface area contributed by atoms with E-state index in [9.17, 15) is 0 Å². The number of aromatic nitrogens is 5. The molecule has 1 aliphatic heterocycles. The van der Waals surface area contributed by atoms with Crippen LogP contribution in [0.2, 0.25) is 0 Å². The number of anilines is 4. The molecule has 1 aromatic carbocycles. The van der Waals surface area contributed by atoms with Gasteiger partial charge in [0.25, 0.3) is 0 Å². The molecule has 1 saturated heterocycles. The highest BCUT2D eigenvalue weighted by molar-refractivity contribution is 5.81. The van der Waals surface area contributed by atoms with Gasteiger partial charge in [-0.05, 0) is 30.3 Å². The maximum Gasteiger partial charge on any atom is 0.228 e. The van der Waals surface area contributed by atoms with Crippen LogP contribution in [0.3, 0.4) is 0 Å². The van der Waals surface area contributed by atoms with E-state index in [0.29, 0.717) is 11.8 Å². The number of fused-ring (bicyclic) bond motifs is 1. The SMILES string of the molecule is CN(C)c1cnc2ccc(-c3ccnc(Nc4ccc(N5CCNCC5)cn4)n3)cc2n1. The molecule has 9 nitrogen and oxygen atoms in total. The Kier molecular flexibility index (Phi) is 5.47. The minimum atomic E-state index is 0.498. The highest BCUT2D eigenvalue weighted by Crippen LogP contribution is 2.24. The Bertz CT molecular complexity index is 1220. The van der Waals surface area contributed by atoms with Gasteiger partial charge in [-0.25, -0.2) is 19.9 Å². The molecule has 0 unspecified atom stereocenters. The average molecular weight is 428 g/mol. The standard InChI is InChI=1S/C23H25N9/c1-31(2)22-15-26-19-5-3-16(13-20(19)28-22)18-7-8-25-23(29-18)30-21-6-4-17(14-27-21)32-11-9-24-10-12-32/h3-8,13-15,24H,9-12H2,1-2H3,(H,25,27,29,30). The second-order valence-corrected chi connectivity index (χ2v) is 7.86. The van der Waals surface area contributed by atoms with Crippen LogP contribution < -0.4 is 20.4 Å². The third-order valence-electron chi connectivity index (χ3n) is 5.41. The van der Waals surface area contributed by atoms with Gasteiger partial charge in [0.1, 0.15) is 11.6 Å². The summed E-state index contributed by atoms with van der Waals surface area (Å²) in [6.45, 7) is 3.98. The molecule has 162 valence electrons. The lowest BCUT2D eigenvalue weighted by atomic mass is 10.1. The van der Waals surface area contributed by atoms with Crippen molar-refractivity contribution in [2.24, 2.45) is 0 Å². The summed E-state index contributed by atoms with van der Waals surface area (Å²) >= 11 is 0. The molecular weight excluding hydrogens is 402 g/mol. The summed E-state index contributed by atoms with van der Waals surface area (Å²) in [4.78, 5) is 27.0. The largest absolute Gasteiger partial charge is 0.368 e. The van der Waals surface area contributed by atoms with Crippen LogP contribution in [-0.2, 0) is 0 Å². The average Bonchev–Trinajstić information content (AvgIpc) is 2.84. The molecule has 0 amide bonds. The summed E-state index contributed by atoms with van der Waals surface area (Å²) < 4.78 is 0. The Balaban J connectivity index is 1.36. The molecule has 1 aliphatic rings. The molecule has 0 radical (unpaired) electrons. The summed E-state index contributed by atoms with van der Waals surface area (Å²) in [5.74, 6) is 2.02. The summed E-state index contributed by atoms with van der Waals surface area (Å²) in [5, 5.41) is 6.57. The van der Waals surface area contributed by atoms with Gasteiger partial charge in [-0.1, -0.05) is 6.07 Å². The zero-order chi connectivity index (χ0) is 21.9. The molecule has 32 heavy (non-hydrogen) atoms. The highest BCUT2D eigenvalue weighted by atomic mass is 15.2. The molecule has 4 aromatic rings. The van der Waals surface area contributed by atoms with Crippen LogP contribution in [0.4, 0.5) is 23.3 Å². The van der Waals surface area contributed by atoms with Crippen molar-refractivity contribution in [3.8, 4) is 11.3 Å². The Morgan fingerprint density at radius 3 is 2.56 bits per heavy atom. The number of hydrogen-bond acceptors (Lipinski definition) is 9. The zero-order valence-corrected chi connectivity index (χ0v) is 18.2. The fourth-order valence-electron chi connectivity index (χ4n) is 3.64. The molecule has 0 atom stereocenters. The first-order valence-electron chi connectivity index (χ1n) is 10.6. The normalized spacial score (nSPS) is 13.9.